The molecule has 1 N–H and O–H groups in total. The van der Waals surface area contributed by atoms with E-state index in [2.05, 4.69) is 10.5 Å². The van der Waals surface area contributed by atoms with Crippen LogP contribution in [0.5, 0.6) is 0 Å². The van der Waals surface area contributed by atoms with E-state index < -0.39 is 0 Å². The van der Waals surface area contributed by atoms with Crippen molar-refractivity contribution in [1.29, 1.82) is 0 Å². The fourth-order valence-corrected chi connectivity index (χ4v) is 1.70. The third kappa shape index (κ3) is 3.78. The van der Waals surface area contributed by atoms with E-state index in [1.807, 2.05) is 55.5 Å². The number of rotatable bonds is 4. The standard InChI is InChI=1S/C16H16N2O/c1-13(14-8-4-2-5-9-14)12-17-18-16(19)15-10-6-3-7-11-15/h2-13H,1H3,(H,18,19)/b17-12+. The molecule has 0 aliphatic heterocycles. The first-order valence-electron chi connectivity index (χ1n) is 6.21. The van der Waals surface area contributed by atoms with Crippen LogP contribution in [-0.2, 0) is 0 Å². The predicted molar refractivity (Wildman–Crippen MR) is 77.3 cm³/mol. The molecule has 0 heterocycles. The summed E-state index contributed by atoms with van der Waals surface area (Å²) in [5.74, 6) is -0.0330. The first-order chi connectivity index (χ1) is 9.27. The van der Waals surface area contributed by atoms with E-state index in [0.717, 1.165) is 0 Å². The normalized spacial score (nSPS) is 12.3. The largest absolute Gasteiger partial charge is 0.271 e. The van der Waals surface area contributed by atoms with Gasteiger partial charge in [0.05, 0.1) is 0 Å². The molecule has 0 spiro atoms. The summed E-state index contributed by atoms with van der Waals surface area (Å²) >= 11 is 0. The topological polar surface area (TPSA) is 41.5 Å². The van der Waals surface area contributed by atoms with Crippen molar-refractivity contribution in [3.05, 3.63) is 71.8 Å². The van der Waals surface area contributed by atoms with Gasteiger partial charge in [-0.25, -0.2) is 5.43 Å². The second-order valence-electron chi connectivity index (χ2n) is 4.28. The number of carbonyl (C=O) groups excluding carboxylic acids is 1. The maximum atomic E-state index is 11.7. The second-order valence-corrected chi connectivity index (χ2v) is 4.28. The van der Waals surface area contributed by atoms with Gasteiger partial charge in [-0.15, -0.1) is 0 Å². The van der Waals surface area contributed by atoms with Crippen molar-refractivity contribution in [2.75, 3.05) is 0 Å². The molecule has 0 radical (unpaired) electrons. The number of nitrogens with one attached hydrogen (secondary N) is 1. The molecule has 0 bridgehead atoms. The number of nitrogens with zero attached hydrogens (tertiary/aromatic N) is 1. The Morgan fingerprint density at radius 3 is 2.26 bits per heavy atom. The quantitative estimate of drug-likeness (QED) is 0.659. The summed E-state index contributed by atoms with van der Waals surface area (Å²) in [5, 5.41) is 4.00. The lowest BCUT2D eigenvalue weighted by Crippen LogP contribution is -2.17. The summed E-state index contributed by atoms with van der Waals surface area (Å²) in [6.07, 6.45) is 1.73. The number of benzene rings is 2. The van der Waals surface area contributed by atoms with Crippen LogP contribution in [0.15, 0.2) is 65.8 Å². The first-order valence-corrected chi connectivity index (χ1v) is 6.21. The molecule has 1 unspecified atom stereocenters. The minimum absolute atomic E-state index is 0.164. The average molecular weight is 252 g/mol. The fourth-order valence-electron chi connectivity index (χ4n) is 1.70. The van der Waals surface area contributed by atoms with E-state index in [4.69, 9.17) is 0 Å². The van der Waals surface area contributed by atoms with Crippen LogP contribution in [0.1, 0.15) is 28.8 Å². The zero-order valence-electron chi connectivity index (χ0n) is 10.8. The van der Waals surface area contributed by atoms with Crippen molar-refractivity contribution in [3.8, 4) is 0 Å². The molecule has 3 heteroatoms. The highest BCUT2D eigenvalue weighted by atomic mass is 16.2. The molecule has 1 amide bonds. The number of hydrazone groups is 1. The van der Waals surface area contributed by atoms with Crippen LogP contribution in [0.2, 0.25) is 0 Å². The third-order valence-electron chi connectivity index (χ3n) is 2.83. The highest BCUT2D eigenvalue weighted by Gasteiger charge is 2.03. The molecule has 1 atom stereocenters. The monoisotopic (exact) mass is 252 g/mol. The molecule has 2 rings (SSSR count). The molecule has 0 aliphatic carbocycles. The molecule has 0 saturated heterocycles. The van der Waals surface area contributed by atoms with Crippen molar-refractivity contribution in [3.63, 3.8) is 0 Å². The molecule has 2 aromatic carbocycles. The first kappa shape index (κ1) is 13.0. The van der Waals surface area contributed by atoms with Gasteiger partial charge >= 0.3 is 0 Å². The maximum absolute atomic E-state index is 11.7. The van der Waals surface area contributed by atoms with Gasteiger partial charge in [0.15, 0.2) is 0 Å². The molecule has 2 aromatic rings. The van der Waals surface area contributed by atoms with Crippen molar-refractivity contribution in [2.45, 2.75) is 12.8 Å². The Morgan fingerprint density at radius 2 is 1.63 bits per heavy atom. The van der Waals surface area contributed by atoms with Gasteiger partial charge in [0, 0.05) is 17.7 Å². The van der Waals surface area contributed by atoms with Gasteiger partial charge in [-0.3, -0.25) is 4.79 Å². The summed E-state index contributed by atoms with van der Waals surface area (Å²) in [6, 6.07) is 19.1. The molecular formula is C16H16N2O. The van der Waals surface area contributed by atoms with Crippen LogP contribution in [0.25, 0.3) is 0 Å². The lowest BCUT2D eigenvalue weighted by molar-refractivity contribution is 0.0955. The van der Waals surface area contributed by atoms with Gasteiger partial charge in [-0.2, -0.15) is 5.10 Å². The summed E-state index contributed by atoms with van der Waals surface area (Å²) in [6.45, 7) is 2.04. The molecule has 19 heavy (non-hydrogen) atoms. The van der Waals surface area contributed by atoms with E-state index >= 15 is 0 Å². The smallest absolute Gasteiger partial charge is 0.267 e. The van der Waals surface area contributed by atoms with Crippen molar-refractivity contribution >= 4 is 12.1 Å². The highest BCUT2D eigenvalue weighted by molar-refractivity contribution is 5.94. The lowest BCUT2D eigenvalue weighted by atomic mass is 10.0. The number of amides is 1. The molecule has 0 aliphatic rings. The summed E-state index contributed by atoms with van der Waals surface area (Å²) in [4.78, 5) is 11.7. The zero-order chi connectivity index (χ0) is 13.5. The van der Waals surface area contributed by atoms with Gasteiger partial charge in [0.1, 0.15) is 0 Å². The second kappa shape index (κ2) is 6.50. The van der Waals surface area contributed by atoms with E-state index in [-0.39, 0.29) is 11.8 Å². The summed E-state index contributed by atoms with van der Waals surface area (Å²) in [7, 11) is 0. The van der Waals surface area contributed by atoms with Gasteiger partial charge in [-0.1, -0.05) is 55.5 Å². The maximum Gasteiger partial charge on any atom is 0.271 e. The minimum atomic E-state index is -0.197. The van der Waals surface area contributed by atoms with Crippen molar-refractivity contribution in [1.82, 2.24) is 5.43 Å². The zero-order valence-corrected chi connectivity index (χ0v) is 10.8. The molecule has 0 fully saturated rings. The van der Waals surface area contributed by atoms with Crippen LogP contribution < -0.4 is 5.43 Å². The molecular weight excluding hydrogens is 236 g/mol. The van der Waals surface area contributed by atoms with Gasteiger partial charge in [-0.05, 0) is 17.7 Å². The van der Waals surface area contributed by atoms with Crippen molar-refractivity contribution in [2.24, 2.45) is 5.10 Å². The third-order valence-corrected chi connectivity index (χ3v) is 2.83. The predicted octanol–water partition coefficient (Wildman–Crippen LogP) is 3.21. The Labute approximate surface area is 113 Å². The summed E-state index contributed by atoms with van der Waals surface area (Å²) < 4.78 is 0. The highest BCUT2D eigenvalue weighted by Crippen LogP contribution is 2.11. The summed E-state index contributed by atoms with van der Waals surface area (Å²) in [5.41, 5.74) is 4.30. The Balaban J connectivity index is 1.92. The van der Waals surface area contributed by atoms with E-state index in [1.54, 1.807) is 18.3 Å². The van der Waals surface area contributed by atoms with E-state index in [9.17, 15) is 4.79 Å². The van der Waals surface area contributed by atoms with Crippen molar-refractivity contribution < 1.29 is 4.79 Å². The van der Waals surface area contributed by atoms with Crippen LogP contribution in [0.3, 0.4) is 0 Å². The van der Waals surface area contributed by atoms with Crippen LogP contribution in [0.4, 0.5) is 0 Å². The Bertz CT molecular complexity index is 549. The van der Waals surface area contributed by atoms with Crippen LogP contribution >= 0.6 is 0 Å². The number of hydrogen-bond acceptors (Lipinski definition) is 2. The van der Waals surface area contributed by atoms with Crippen LogP contribution in [0, 0.1) is 0 Å². The number of carbonyl (C=O) groups is 1. The van der Waals surface area contributed by atoms with Crippen LogP contribution in [-0.4, -0.2) is 12.1 Å². The molecule has 96 valence electrons. The minimum Gasteiger partial charge on any atom is -0.267 e. The lowest BCUT2D eigenvalue weighted by Gasteiger charge is -2.05. The molecule has 0 saturated carbocycles. The molecule has 0 aromatic heterocycles. The van der Waals surface area contributed by atoms with E-state index in [0.29, 0.717) is 5.56 Å². The Kier molecular flexibility index (Phi) is 4.45. The average Bonchev–Trinajstić information content (AvgIpc) is 2.49. The van der Waals surface area contributed by atoms with Gasteiger partial charge in [0.2, 0.25) is 0 Å². The Morgan fingerprint density at radius 1 is 1.05 bits per heavy atom. The Hall–Kier alpha value is -2.42. The van der Waals surface area contributed by atoms with E-state index in [1.165, 1.54) is 5.56 Å². The van der Waals surface area contributed by atoms with Gasteiger partial charge in [0.25, 0.3) is 5.91 Å². The SMILES string of the molecule is CC(/C=N/NC(=O)c1ccccc1)c1ccccc1. The number of hydrogen-bond donors (Lipinski definition) is 1. The molecule has 3 nitrogen and oxygen atoms in total. The van der Waals surface area contributed by atoms with Gasteiger partial charge < -0.3 is 0 Å². The fraction of sp³-hybridized carbons (Fsp3) is 0.125.